The number of anilines is 5. The summed E-state index contributed by atoms with van der Waals surface area (Å²) in [7, 11) is 0. The van der Waals surface area contributed by atoms with Gasteiger partial charge in [-0.05, 0) is 116 Å². The Bertz CT molecular complexity index is 1310. The van der Waals surface area contributed by atoms with Gasteiger partial charge in [0.2, 0.25) is 0 Å². The molecule has 0 fully saturated rings. The molecule has 0 bridgehead atoms. The maximum atomic E-state index is 5.75. The molecule has 0 unspecified atom stereocenters. The van der Waals surface area contributed by atoms with Gasteiger partial charge in [0.25, 0.3) is 0 Å². The molecule has 5 nitrogen and oxygen atoms in total. The smallest absolute Gasteiger partial charge is 0.0638 e. The maximum Gasteiger partial charge on any atom is 0.0638 e. The molecule has 0 aliphatic heterocycles. The lowest BCUT2D eigenvalue weighted by molar-refractivity contribution is 1.45. The quantitative estimate of drug-likeness (QED) is 0.198. The van der Waals surface area contributed by atoms with Crippen LogP contribution in [0.4, 0.5) is 39.8 Å². The lowest BCUT2D eigenvalue weighted by atomic mass is 10.1. The van der Waals surface area contributed by atoms with Crippen LogP contribution in [0.15, 0.2) is 131 Å². The third-order valence-corrected chi connectivity index (χ3v) is 5.64. The third kappa shape index (κ3) is 6.15. The second kappa shape index (κ2) is 10.6. The second-order valence-electron chi connectivity index (χ2n) is 8.57. The van der Waals surface area contributed by atoms with E-state index in [0.29, 0.717) is 0 Å². The van der Waals surface area contributed by atoms with Gasteiger partial charge in [-0.1, -0.05) is 17.7 Å². The van der Waals surface area contributed by atoms with Crippen LogP contribution in [-0.4, -0.2) is 11.4 Å². The Morgan fingerprint density at radius 3 is 1.19 bits per heavy atom. The van der Waals surface area contributed by atoms with Crippen LogP contribution < -0.4 is 16.4 Å². The number of nitrogens with two attached hydrogens (primary N) is 1. The summed E-state index contributed by atoms with van der Waals surface area (Å²) in [6.45, 7) is 2.08. The summed E-state index contributed by atoms with van der Waals surface area (Å²) in [6.07, 6.45) is 7.92. The summed E-state index contributed by atoms with van der Waals surface area (Å²) in [5.74, 6) is 0. The number of rotatable bonds is 6. The highest BCUT2D eigenvalue weighted by Crippen LogP contribution is 2.23. The molecule has 36 heavy (non-hydrogen) atoms. The van der Waals surface area contributed by atoms with Crippen molar-refractivity contribution in [2.24, 2.45) is 9.98 Å². The average molecular weight is 470 g/mol. The number of nitrogens with one attached hydrogen (secondary N) is 2. The minimum Gasteiger partial charge on any atom is -0.399 e. The monoisotopic (exact) mass is 469 g/mol. The van der Waals surface area contributed by atoms with Gasteiger partial charge in [0.1, 0.15) is 0 Å². The van der Waals surface area contributed by atoms with Gasteiger partial charge in [0.05, 0.1) is 22.8 Å². The number of benzene rings is 4. The number of nitrogen functional groups attached to an aromatic ring is 1. The van der Waals surface area contributed by atoms with Crippen molar-refractivity contribution in [3.8, 4) is 0 Å². The average Bonchev–Trinajstić information content (AvgIpc) is 2.90. The van der Waals surface area contributed by atoms with E-state index in [2.05, 4.69) is 41.8 Å². The predicted molar refractivity (Wildman–Crippen MR) is 154 cm³/mol. The number of allylic oxidation sites excluding steroid dienone is 4. The van der Waals surface area contributed by atoms with Gasteiger partial charge >= 0.3 is 0 Å². The fraction of sp³-hybridized carbons (Fsp3) is 0.0323. The summed E-state index contributed by atoms with van der Waals surface area (Å²) in [6, 6.07) is 32.1. The Balaban J connectivity index is 1.19. The van der Waals surface area contributed by atoms with E-state index in [1.807, 2.05) is 97.1 Å². The van der Waals surface area contributed by atoms with Gasteiger partial charge < -0.3 is 16.4 Å². The zero-order chi connectivity index (χ0) is 24.7. The van der Waals surface area contributed by atoms with Crippen molar-refractivity contribution in [1.82, 2.24) is 0 Å². The van der Waals surface area contributed by atoms with Gasteiger partial charge in [-0.2, -0.15) is 0 Å². The van der Waals surface area contributed by atoms with E-state index in [0.717, 1.165) is 51.2 Å². The zero-order valence-corrected chi connectivity index (χ0v) is 20.0. The molecule has 0 aromatic heterocycles. The molecule has 4 aromatic carbocycles. The molecular formula is C31H27N5. The molecule has 0 heterocycles. The molecule has 4 aromatic rings. The van der Waals surface area contributed by atoms with Crippen LogP contribution in [0.3, 0.4) is 0 Å². The van der Waals surface area contributed by atoms with Crippen LogP contribution in [0, 0.1) is 6.92 Å². The van der Waals surface area contributed by atoms with E-state index in [4.69, 9.17) is 15.7 Å². The number of aryl methyl sites for hydroxylation is 1. The van der Waals surface area contributed by atoms with Crippen LogP contribution >= 0.6 is 0 Å². The molecule has 4 N–H and O–H groups in total. The number of aliphatic imine (C=N–C) groups is 2. The van der Waals surface area contributed by atoms with Crippen LogP contribution in [0.1, 0.15) is 5.56 Å². The van der Waals surface area contributed by atoms with E-state index in [-0.39, 0.29) is 0 Å². The lowest BCUT2D eigenvalue weighted by Crippen LogP contribution is -1.99. The largest absolute Gasteiger partial charge is 0.399 e. The first-order chi connectivity index (χ1) is 17.6. The summed E-state index contributed by atoms with van der Waals surface area (Å²) in [5.41, 5.74) is 15.4. The van der Waals surface area contributed by atoms with Gasteiger partial charge in [0.15, 0.2) is 0 Å². The first kappa shape index (κ1) is 22.9. The maximum absolute atomic E-state index is 5.75. The third-order valence-electron chi connectivity index (χ3n) is 5.64. The fourth-order valence-electron chi connectivity index (χ4n) is 3.68. The van der Waals surface area contributed by atoms with Crippen molar-refractivity contribution in [3.63, 3.8) is 0 Å². The van der Waals surface area contributed by atoms with Crippen molar-refractivity contribution >= 4 is 51.2 Å². The Morgan fingerprint density at radius 2 is 0.806 bits per heavy atom. The summed E-state index contributed by atoms with van der Waals surface area (Å²) in [5, 5.41) is 6.76. The number of hydrogen-bond donors (Lipinski definition) is 3. The number of hydrogen-bond acceptors (Lipinski definition) is 5. The molecule has 0 saturated carbocycles. The first-order valence-electron chi connectivity index (χ1n) is 11.8. The molecule has 0 saturated heterocycles. The fourth-order valence-corrected chi connectivity index (χ4v) is 3.68. The Kier molecular flexibility index (Phi) is 6.72. The van der Waals surface area contributed by atoms with E-state index < -0.39 is 0 Å². The van der Waals surface area contributed by atoms with Crippen LogP contribution in [0.5, 0.6) is 0 Å². The van der Waals surface area contributed by atoms with Crippen molar-refractivity contribution in [2.75, 3.05) is 16.4 Å². The van der Waals surface area contributed by atoms with Crippen molar-refractivity contribution in [1.29, 1.82) is 0 Å². The second-order valence-corrected chi connectivity index (χ2v) is 8.57. The van der Waals surface area contributed by atoms with Crippen molar-refractivity contribution in [3.05, 3.63) is 127 Å². The van der Waals surface area contributed by atoms with Crippen molar-refractivity contribution < 1.29 is 0 Å². The molecule has 0 atom stereocenters. The van der Waals surface area contributed by atoms with Gasteiger partial charge in [-0.15, -0.1) is 0 Å². The highest BCUT2D eigenvalue weighted by atomic mass is 14.9. The van der Waals surface area contributed by atoms with Crippen molar-refractivity contribution in [2.45, 2.75) is 6.92 Å². The van der Waals surface area contributed by atoms with Crippen LogP contribution in [-0.2, 0) is 0 Å². The van der Waals surface area contributed by atoms with Crippen LogP contribution in [0.2, 0.25) is 0 Å². The Labute approximate surface area is 211 Å². The van der Waals surface area contributed by atoms with Gasteiger partial charge in [0, 0.05) is 28.4 Å². The minimum absolute atomic E-state index is 0.748. The molecule has 5 heteroatoms. The minimum atomic E-state index is 0.748. The van der Waals surface area contributed by atoms with E-state index >= 15 is 0 Å². The highest BCUT2D eigenvalue weighted by molar-refractivity contribution is 6.19. The Morgan fingerprint density at radius 1 is 0.472 bits per heavy atom. The Hall–Kier alpha value is -4.90. The molecule has 176 valence electrons. The van der Waals surface area contributed by atoms with Crippen LogP contribution in [0.25, 0.3) is 0 Å². The van der Waals surface area contributed by atoms with E-state index in [9.17, 15) is 0 Å². The molecule has 0 radical (unpaired) electrons. The van der Waals surface area contributed by atoms with E-state index in [1.165, 1.54) is 5.56 Å². The molecule has 1 aliphatic rings. The highest BCUT2D eigenvalue weighted by Gasteiger charge is 2.02. The SMILES string of the molecule is Cc1ccc(Nc2ccc(N=C3C=CC(=Nc4ccc(Nc5ccc(N)cc5)cc4)C=C3)cc2)cc1. The van der Waals surface area contributed by atoms with Gasteiger partial charge in [-0.25, -0.2) is 9.98 Å². The predicted octanol–water partition coefficient (Wildman–Crippen LogP) is 8.04. The first-order valence-corrected chi connectivity index (χ1v) is 11.8. The number of nitrogens with zero attached hydrogens (tertiary/aromatic N) is 2. The van der Waals surface area contributed by atoms with E-state index in [1.54, 1.807) is 0 Å². The molecular weight excluding hydrogens is 442 g/mol. The normalized spacial score (nSPS) is 12.4. The zero-order valence-electron chi connectivity index (χ0n) is 20.0. The molecule has 0 amide bonds. The lowest BCUT2D eigenvalue weighted by Gasteiger charge is -2.08. The topological polar surface area (TPSA) is 74.8 Å². The summed E-state index contributed by atoms with van der Waals surface area (Å²) in [4.78, 5) is 9.43. The molecule has 5 rings (SSSR count). The molecule has 1 aliphatic carbocycles. The van der Waals surface area contributed by atoms with Gasteiger partial charge in [-0.3, -0.25) is 0 Å². The standard InChI is InChI=1S/C31H27N5/c1-22-2-6-24(7-3-22)33-26-10-14-28(15-11-26)35-30-18-20-31(21-19-30)36-29-16-12-27(13-17-29)34-25-8-4-23(32)5-9-25/h2-21,33-34H,32H2,1H3. The summed E-state index contributed by atoms with van der Waals surface area (Å²) >= 11 is 0. The summed E-state index contributed by atoms with van der Waals surface area (Å²) < 4.78 is 0. The molecule has 0 spiro atoms.